The second kappa shape index (κ2) is 5.19. The first-order valence-electron chi connectivity index (χ1n) is 4.96. The lowest BCUT2D eigenvalue weighted by atomic mass is 9.98. The standard InChI is InChI=1S/C13H7FN2S2/c14-9-3-1-8(2-4-9)11-5-10(7-17)18-13(16)12(11)6-15/h1-5H,16H2. The molecule has 0 aromatic heterocycles. The normalized spacial score (nSPS) is 14.9. The van der Waals surface area contributed by atoms with Gasteiger partial charge in [0.1, 0.15) is 11.9 Å². The van der Waals surface area contributed by atoms with Gasteiger partial charge in [0.25, 0.3) is 0 Å². The van der Waals surface area contributed by atoms with Crippen LogP contribution in [0.3, 0.4) is 0 Å². The number of allylic oxidation sites excluding steroid dienone is 3. The third-order valence-electron chi connectivity index (χ3n) is 2.38. The van der Waals surface area contributed by atoms with E-state index >= 15 is 0 Å². The van der Waals surface area contributed by atoms with Crippen molar-refractivity contribution in [3.8, 4) is 6.07 Å². The smallest absolute Gasteiger partial charge is 0.123 e. The molecule has 0 aliphatic carbocycles. The molecule has 2 nitrogen and oxygen atoms in total. The van der Waals surface area contributed by atoms with Gasteiger partial charge in [0.2, 0.25) is 0 Å². The Balaban J connectivity index is 2.59. The second-order valence-corrected chi connectivity index (χ2v) is 4.77. The van der Waals surface area contributed by atoms with E-state index < -0.39 is 0 Å². The van der Waals surface area contributed by atoms with E-state index in [4.69, 9.17) is 23.2 Å². The third kappa shape index (κ3) is 2.36. The molecule has 0 radical (unpaired) electrons. The molecule has 0 bridgehead atoms. The summed E-state index contributed by atoms with van der Waals surface area (Å²) in [5, 5.41) is 12.1. The van der Waals surface area contributed by atoms with Crippen molar-refractivity contribution in [2.75, 3.05) is 0 Å². The van der Waals surface area contributed by atoms with Gasteiger partial charge in [-0.2, -0.15) is 5.26 Å². The average molecular weight is 274 g/mol. The minimum absolute atomic E-state index is 0.328. The third-order valence-corrected chi connectivity index (χ3v) is 3.59. The van der Waals surface area contributed by atoms with Crippen molar-refractivity contribution in [1.29, 1.82) is 5.26 Å². The van der Waals surface area contributed by atoms with Crippen LogP contribution in [-0.2, 0) is 0 Å². The van der Waals surface area contributed by atoms with E-state index in [-0.39, 0.29) is 5.82 Å². The van der Waals surface area contributed by atoms with Crippen LogP contribution < -0.4 is 5.73 Å². The number of halogens is 1. The average Bonchev–Trinajstić information content (AvgIpc) is 2.38. The molecule has 1 aliphatic rings. The molecule has 0 fully saturated rings. The van der Waals surface area contributed by atoms with Crippen LogP contribution in [-0.4, -0.2) is 5.02 Å². The Kier molecular flexibility index (Phi) is 3.63. The van der Waals surface area contributed by atoms with Crippen molar-refractivity contribution in [2.24, 2.45) is 5.73 Å². The van der Waals surface area contributed by atoms with Crippen LogP contribution in [0.2, 0.25) is 0 Å². The van der Waals surface area contributed by atoms with Crippen LogP contribution in [0.15, 0.2) is 45.8 Å². The van der Waals surface area contributed by atoms with Crippen molar-refractivity contribution in [3.63, 3.8) is 0 Å². The molecule has 2 rings (SSSR count). The van der Waals surface area contributed by atoms with Gasteiger partial charge in [-0.05, 0) is 41.0 Å². The number of rotatable bonds is 1. The van der Waals surface area contributed by atoms with Crippen LogP contribution in [0.25, 0.3) is 5.57 Å². The van der Waals surface area contributed by atoms with Crippen molar-refractivity contribution >= 4 is 34.6 Å². The zero-order valence-electron chi connectivity index (χ0n) is 9.11. The Hall–Kier alpha value is -1.86. The van der Waals surface area contributed by atoms with Crippen molar-refractivity contribution in [2.45, 2.75) is 0 Å². The second-order valence-electron chi connectivity index (χ2n) is 3.48. The van der Waals surface area contributed by atoms with Gasteiger partial charge in [-0.1, -0.05) is 23.9 Å². The summed E-state index contributed by atoms with van der Waals surface area (Å²) in [6.45, 7) is 0. The molecular weight excluding hydrogens is 267 g/mol. The Bertz CT molecular complexity index is 645. The topological polar surface area (TPSA) is 49.8 Å². The molecule has 18 heavy (non-hydrogen) atoms. The molecule has 0 atom stereocenters. The van der Waals surface area contributed by atoms with Crippen LogP contribution in [0, 0.1) is 17.1 Å². The van der Waals surface area contributed by atoms with Crippen molar-refractivity contribution in [3.05, 3.63) is 57.2 Å². The monoisotopic (exact) mass is 274 g/mol. The molecule has 0 spiro atoms. The zero-order chi connectivity index (χ0) is 13.1. The Morgan fingerprint density at radius 1 is 1.28 bits per heavy atom. The number of nitrogens with zero attached hydrogens (tertiary/aromatic N) is 1. The summed E-state index contributed by atoms with van der Waals surface area (Å²) in [6.07, 6.45) is 1.74. The van der Waals surface area contributed by atoms with Crippen molar-refractivity contribution in [1.82, 2.24) is 0 Å². The summed E-state index contributed by atoms with van der Waals surface area (Å²) in [7, 11) is 0. The summed E-state index contributed by atoms with van der Waals surface area (Å²) in [5.74, 6) is -0.328. The molecular formula is C13H7FN2S2. The SMILES string of the molecule is N#CC1=C(N)SC(=C=S)C=C1c1ccc(F)cc1. The zero-order valence-corrected chi connectivity index (χ0v) is 10.7. The van der Waals surface area contributed by atoms with E-state index in [0.29, 0.717) is 21.1 Å². The van der Waals surface area contributed by atoms with Crippen LogP contribution in [0.5, 0.6) is 0 Å². The van der Waals surface area contributed by atoms with Crippen LogP contribution in [0.1, 0.15) is 5.56 Å². The Morgan fingerprint density at radius 2 is 1.94 bits per heavy atom. The molecule has 88 valence electrons. The molecule has 1 aromatic rings. The van der Waals surface area contributed by atoms with E-state index in [1.165, 1.54) is 23.9 Å². The van der Waals surface area contributed by atoms with Gasteiger partial charge in [0.05, 0.1) is 15.5 Å². The quantitative estimate of drug-likeness (QED) is 0.799. The highest BCUT2D eigenvalue weighted by atomic mass is 32.2. The number of thiocarbonyl (C=S) groups is 1. The maximum absolute atomic E-state index is 12.9. The molecule has 1 aromatic carbocycles. The molecule has 0 saturated carbocycles. The summed E-state index contributed by atoms with van der Waals surface area (Å²) in [6, 6.07) is 7.93. The minimum atomic E-state index is -0.328. The van der Waals surface area contributed by atoms with Gasteiger partial charge >= 0.3 is 0 Å². The van der Waals surface area contributed by atoms with Gasteiger partial charge in [0.15, 0.2) is 0 Å². The maximum Gasteiger partial charge on any atom is 0.123 e. The Labute approximate surface area is 113 Å². The first-order chi connectivity index (χ1) is 8.65. The van der Waals surface area contributed by atoms with E-state index in [2.05, 4.69) is 11.1 Å². The molecule has 0 amide bonds. The summed E-state index contributed by atoms with van der Waals surface area (Å²) < 4.78 is 12.9. The number of nitriles is 1. The summed E-state index contributed by atoms with van der Waals surface area (Å²) >= 11 is 5.96. The molecule has 0 unspecified atom stereocenters. The number of benzene rings is 1. The summed E-state index contributed by atoms with van der Waals surface area (Å²) in [4.78, 5) is 0.667. The fourth-order valence-electron chi connectivity index (χ4n) is 1.56. The number of nitrogens with two attached hydrogens (primary N) is 1. The van der Waals surface area contributed by atoms with Crippen LogP contribution >= 0.6 is 24.0 Å². The first kappa shape index (κ1) is 12.6. The first-order valence-corrected chi connectivity index (χ1v) is 6.19. The van der Waals surface area contributed by atoms with Gasteiger partial charge < -0.3 is 5.73 Å². The highest BCUT2D eigenvalue weighted by molar-refractivity contribution is 8.07. The molecule has 1 aliphatic heterocycles. The summed E-state index contributed by atoms with van der Waals surface area (Å²) in [5.41, 5.74) is 7.55. The Morgan fingerprint density at radius 3 is 2.50 bits per heavy atom. The highest BCUT2D eigenvalue weighted by Gasteiger charge is 2.18. The van der Waals surface area contributed by atoms with Crippen LogP contribution in [0.4, 0.5) is 4.39 Å². The van der Waals surface area contributed by atoms with E-state index in [0.717, 1.165) is 5.56 Å². The van der Waals surface area contributed by atoms with Gasteiger partial charge in [-0.3, -0.25) is 0 Å². The molecule has 2 N–H and O–H groups in total. The molecule has 1 heterocycles. The number of hydrogen-bond donors (Lipinski definition) is 1. The largest absolute Gasteiger partial charge is 0.392 e. The predicted octanol–water partition coefficient (Wildman–Crippen LogP) is 3.13. The van der Waals surface area contributed by atoms with E-state index in [9.17, 15) is 4.39 Å². The van der Waals surface area contributed by atoms with E-state index in [1.54, 1.807) is 18.2 Å². The fraction of sp³-hybridized carbons (Fsp3) is 0. The number of hydrogen-bond acceptors (Lipinski definition) is 4. The minimum Gasteiger partial charge on any atom is -0.392 e. The van der Waals surface area contributed by atoms with Crippen molar-refractivity contribution < 1.29 is 4.39 Å². The molecule has 5 heteroatoms. The highest BCUT2D eigenvalue weighted by Crippen LogP contribution is 2.37. The van der Waals surface area contributed by atoms with Gasteiger partial charge in [-0.25, -0.2) is 4.39 Å². The van der Waals surface area contributed by atoms with Gasteiger partial charge in [0, 0.05) is 5.57 Å². The molecule has 0 saturated heterocycles. The lowest BCUT2D eigenvalue weighted by molar-refractivity contribution is 0.627. The lowest BCUT2D eigenvalue weighted by Gasteiger charge is -2.15. The van der Waals surface area contributed by atoms with Gasteiger partial charge in [-0.15, -0.1) is 0 Å². The fourth-order valence-corrected chi connectivity index (χ4v) is 2.45. The maximum atomic E-state index is 12.9. The lowest BCUT2D eigenvalue weighted by Crippen LogP contribution is -2.04. The predicted molar refractivity (Wildman–Crippen MR) is 74.9 cm³/mol. The van der Waals surface area contributed by atoms with E-state index in [1.807, 2.05) is 0 Å². The number of thioether (sulfide) groups is 1.